The van der Waals surface area contributed by atoms with Gasteiger partial charge >= 0.3 is 0 Å². The van der Waals surface area contributed by atoms with Gasteiger partial charge in [-0.3, -0.25) is 0 Å². The molecule has 0 amide bonds. The summed E-state index contributed by atoms with van der Waals surface area (Å²) in [6.07, 6.45) is 0. The second-order valence-corrected chi connectivity index (χ2v) is 33.6. The van der Waals surface area contributed by atoms with Crippen LogP contribution in [0.1, 0.15) is 0 Å². The van der Waals surface area contributed by atoms with Crippen molar-refractivity contribution >= 4 is 189 Å². The van der Waals surface area contributed by atoms with Crippen molar-refractivity contribution in [3.63, 3.8) is 0 Å². The van der Waals surface area contributed by atoms with Gasteiger partial charge in [0.05, 0.1) is 43.5 Å². The standard InChI is InChI=1S/2C36H22BrNO.C36H22BrNS/c37-27-10-6-9-25(20-27)23-7-5-8-24(19-23)26-15-18-34-32(21-26)29-11-1-3-13-33(29)38(34)28-16-17-31-30-12-2-4-14-35(30)39-36(31)22-28;37-27-10-6-9-25(20-27)23-7-5-8-24(19-23)26-15-17-34-31(21-26)29-11-1-3-13-33(29)38(34)28-16-18-36-32(22-28)30-12-2-4-14-35(30)39-36;37-27-11-6-10-25(21-27)23-8-5-9-24(20-23)26-18-19-33-31(22-26)28-12-1-3-15-32(28)38(33)34-16-7-14-30-29-13-2-4-17-35(29)39-36(30)34/h3*1-22H. The zero-order chi connectivity index (χ0) is 77.8. The summed E-state index contributed by atoms with van der Waals surface area (Å²) >= 11 is 12.7. The van der Waals surface area contributed by atoms with Crippen LogP contribution in [0.4, 0.5) is 0 Å². The Morgan fingerprint density at radius 1 is 0.188 bits per heavy atom. The van der Waals surface area contributed by atoms with Gasteiger partial charge in [0.1, 0.15) is 22.3 Å². The molecule has 0 spiro atoms. The molecule has 9 heteroatoms. The van der Waals surface area contributed by atoms with Crippen molar-refractivity contribution in [2.45, 2.75) is 0 Å². The van der Waals surface area contributed by atoms with Gasteiger partial charge in [-0.25, -0.2) is 0 Å². The molecule has 0 aliphatic heterocycles. The average Bonchev–Trinajstić information content (AvgIpc) is 1.59. The molecule has 0 saturated carbocycles. The summed E-state index contributed by atoms with van der Waals surface area (Å²) in [4.78, 5) is 0. The molecule has 552 valence electrons. The van der Waals surface area contributed by atoms with Crippen molar-refractivity contribution in [2.75, 3.05) is 0 Å². The van der Waals surface area contributed by atoms with Gasteiger partial charge < -0.3 is 22.5 Å². The van der Waals surface area contributed by atoms with Gasteiger partial charge in [0.2, 0.25) is 0 Å². The van der Waals surface area contributed by atoms with Gasteiger partial charge in [0.25, 0.3) is 0 Å². The lowest BCUT2D eigenvalue weighted by Gasteiger charge is -2.10. The zero-order valence-corrected chi connectivity index (χ0v) is 68.4. The largest absolute Gasteiger partial charge is 0.456 e. The van der Waals surface area contributed by atoms with Crippen LogP contribution in [0.15, 0.2) is 423 Å². The molecule has 6 heterocycles. The topological polar surface area (TPSA) is 41.1 Å². The number of rotatable bonds is 9. The van der Waals surface area contributed by atoms with E-state index in [4.69, 9.17) is 8.83 Å². The fourth-order valence-corrected chi connectivity index (χ4v) is 19.9. The molecule has 0 unspecified atom stereocenters. The maximum absolute atomic E-state index is 6.23. The Morgan fingerprint density at radius 2 is 0.513 bits per heavy atom. The van der Waals surface area contributed by atoms with Crippen molar-refractivity contribution in [3.8, 4) is 83.8 Å². The summed E-state index contributed by atoms with van der Waals surface area (Å²) in [5.74, 6) is 0. The second-order valence-electron chi connectivity index (χ2n) is 29.8. The normalized spacial score (nSPS) is 11.7. The van der Waals surface area contributed by atoms with E-state index in [9.17, 15) is 0 Å². The van der Waals surface area contributed by atoms with Crippen LogP contribution >= 0.6 is 59.1 Å². The van der Waals surface area contributed by atoms with E-state index in [0.29, 0.717) is 0 Å². The summed E-state index contributed by atoms with van der Waals surface area (Å²) in [5.41, 5.74) is 28.8. The summed E-state index contributed by atoms with van der Waals surface area (Å²) < 4.78 is 25.4. The SMILES string of the molecule is Brc1cccc(-c2cccc(-c3ccc4c(c3)c3ccccc3n4-c3ccc4c(c3)oc3ccccc34)c2)c1.Brc1cccc(-c2cccc(-c3ccc4c(c3)c3ccccc3n4-c3ccc4oc5ccccc5c4c3)c2)c1.Brc1cccc(-c2cccc(-c3ccc4c(c3)c3ccccc3n4-c3cccc4c3sc3ccccc34)c2)c1. The van der Waals surface area contributed by atoms with Crippen molar-refractivity contribution in [1.29, 1.82) is 0 Å². The van der Waals surface area contributed by atoms with Gasteiger partial charge in [-0.05, 0) is 231 Å². The minimum atomic E-state index is 0.903. The molecule has 0 aliphatic carbocycles. The molecule has 0 saturated heterocycles. The highest BCUT2D eigenvalue weighted by molar-refractivity contribution is 9.11. The molecule has 0 aliphatic rings. The van der Waals surface area contributed by atoms with Gasteiger partial charge in [0, 0.05) is 100 Å². The highest BCUT2D eigenvalue weighted by Crippen LogP contribution is 2.45. The first kappa shape index (κ1) is 70.3. The molecule has 24 aromatic rings. The predicted molar refractivity (Wildman–Crippen MR) is 506 cm³/mol. The summed E-state index contributed by atoms with van der Waals surface area (Å²) in [6, 6.07) is 143. The van der Waals surface area contributed by atoms with E-state index in [-0.39, 0.29) is 0 Å². The van der Waals surface area contributed by atoms with Gasteiger partial charge in [-0.2, -0.15) is 0 Å². The zero-order valence-electron chi connectivity index (χ0n) is 62.8. The fraction of sp³-hybridized carbons (Fsp3) is 0. The van der Waals surface area contributed by atoms with Crippen LogP contribution < -0.4 is 0 Å². The Bertz CT molecular complexity index is 8090. The van der Waals surface area contributed by atoms with Crippen LogP contribution in [-0.4, -0.2) is 13.7 Å². The Morgan fingerprint density at radius 3 is 0.991 bits per heavy atom. The number of hydrogen-bond donors (Lipinski definition) is 0. The monoisotopic (exact) mass is 1710 g/mol. The highest BCUT2D eigenvalue weighted by Gasteiger charge is 2.22. The van der Waals surface area contributed by atoms with E-state index < -0.39 is 0 Å². The number of furan rings is 2. The Labute approximate surface area is 702 Å². The first-order chi connectivity index (χ1) is 57.7. The van der Waals surface area contributed by atoms with E-state index in [0.717, 1.165) is 68.7 Å². The second kappa shape index (κ2) is 29.2. The molecule has 0 fully saturated rings. The molecule has 0 N–H and O–H groups in total. The van der Waals surface area contributed by atoms with Crippen LogP contribution in [0.25, 0.3) is 213 Å². The van der Waals surface area contributed by atoms with E-state index in [2.05, 4.69) is 438 Å². The number of para-hydroxylation sites is 5. The maximum Gasteiger partial charge on any atom is 0.137 e. The van der Waals surface area contributed by atoms with Crippen LogP contribution in [0.3, 0.4) is 0 Å². The van der Waals surface area contributed by atoms with Crippen molar-refractivity contribution in [2.24, 2.45) is 0 Å². The molecular weight excluding hydrogens is 1640 g/mol. The van der Waals surface area contributed by atoms with Crippen LogP contribution in [0.5, 0.6) is 0 Å². The minimum Gasteiger partial charge on any atom is -0.456 e. The van der Waals surface area contributed by atoms with E-state index in [1.54, 1.807) is 0 Å². The van der Waals surface area contributed by atoms with Crippen LogP contribution in [-0.2, 0) is 0 Å². The number of hydrogen-bond acceptors (Lipinski definition) is 3. The summed E-state index contributed by atoms with van der Waals surface area (Å²) in [6.45, 7) is 0. The number of fused-ring (bicyclic) bond motifs is 18. The van der Waals surface area contributed by atoms with E-state index in [1.807, 2.05) is 35.6 Å². The van der Waals surface area contributed by atoms with Crippen molar-refractivity contribution < 1.29 is 8.83 Å². The smallest absolute Gasteiger partial charge is 0.137 e. The first-order valence-electron chi connectivity index (χ1n) is 39.1. The third-order valence-electron chi connectivity index (χ3n) is 22.9. The lowest BCUT2D eigenvalue weighted by molar-refractivity contribution is 0.668. The fourth-order valence-electron chi connectivity index (χ4n) is 17.5. The minimum absolute atomic E-state index is 0.903. The van der Waals surface area contributed by atoms with Gasteiger partial charge in [-0.15, -0.1) is 11.3 Å². The highest BCUT2D eigenvalue weighted by atomic mass is 79.9. The first-order valence-corrected chi connectivity index (χ1v) is 42.3. The Kier molecular flexibility index (Phi) is 17.5. The van der Waals surface area contributed by atoms with E-state index in [1.165, 1.54) is 158 Å². The lowest BCUT2D eigenvalue weighted by Crippen LogP contribution is -1.93. The lowest BCUT2D eigenvalue weighted by atomic mass is 9.98. The predicted octanol–water partition coefficient (Wildman–Crippen LogP) is 32.8. The molecule has 6 aromatic heterocycles. The summed E-state index contributed by atoms with van der Waals surface area (Å²) in [7, 11) is 0. The van der Waals surface area contributed by atoms with Gasteiger partial charge in [-0.1, -0.05) is 278 Å². The Balaban J connectivity index is 0.000000106. The van der Waals surface area contributed by atoms with E-state index >= 15 is 0 Å². The van der Waals surface area contributed by atoms with Crippen LogP contribution in [0, 0.1) is 0 Å². The molecule has 5 nitrogen and oxygen atoms in total. The number of benzene rings is 18. The quantitative estimate of drug-likeness (QED) is 0.145. The number of thiophene rings is 1. The molecular formula is C108H66Br3N3O2S. The molecule has 0 atom stereocenters. The average molecular weight is 1710 g/mol. The van der Waals surface area contributed by atoms with Crippen molar-refractivity contribution in [3.05, 3.63) is 414 Å². The number of nitrogens with zero attached hydrogens (tertiary/aromatic N) is 3. The van der Waals surface area contributed by atoms with Crippen LogP contribution in [0.2, 0.25) is 0 Å². The number of aromatic nitrogens is 3. The molecule has 0 radical (unpaired) electrons. The number of halogens is 3. The maximum atomic E-state index is 6.23. The third kappa shape index (κ3) is 12.6. The summed E-state index contributed by atoms with van der Waals surface area (Å²) in [5, 5.41) is 14.7. The molecule has 18 aromatic carbocycles. The molecule has 117 heavy (non-hydrogen) atoms. The van der Waals surface area contributed by atoms with Crippen molar-refractivity contribution in [1.82, 2.24) is 13.7 Å². The third-order valence-corrected chi connectivity index (χ3v) is 25.6. The Hall–Kier alpha value is -13.4. The molecule has 24 rings (SSSR count). The van der Waals surface area contributed by atoms with Gasteiger partial charge in [0.15, 0.2) is 0 Å². The molecule has 0 bridgehead atoms.